The smallest absolute Gasteiger partial charge is 0.137 e. The van der Waals surface area contributed by atoms with Crippen LogP contribution in [0.2, 0.25) is 0 Å². The van der Waals surface area contributed by atoms with Gasteiger partial charge in [0.25, 0.3) is 0 Å². The third-order valence-electron chi connectivity index (χ3n) is 1.92. The molecule has 0 aliphatic heterocycles. The van der Waals surface area contributed by atoms with Crippen LogP contribution in [0.15, 0.2) is 29.4 Å². The Morgan fingerprint density at radius 3 is 2.36 bits per heavy atom. The maximum Gasteiger partial charge on any atom is 0.137 e. The normalized spacial score (nSPS) is 12.1. The fourth-order valence-corrected chi connectivity index (χ4v) is 1.18. The summed E-state index contributed by atoms with van der Waals surface area (Å²) in [5, 5.41) is 2.78. The van der Waals surface area contributed by atoms with Gasteiger partial charge in [0, 0.05) is 0 Å². The van der Waals surface area contributed by atoms with E-state index in [1.165, 1.54) is 0 Å². The van der Waals surface area contributed by atoms with Crippen LogP contribution in [-0.2, 0) is 17.8 Å². The minimum atomic E-state index is -0.454. The monoisotopic (exact) mass is 192 g/mol. The maximum absolute atomic E-state index is 10.3. The van der Waals surface area contributed by atoms with Crippen LogP contribution in [0.4, 0.5) is 0 Å². The number of aldehydes is 1. The molecule has 4 nitrogen and oxygen atoms in total. The van der Waals surface area contributed by atoms with Gasteiger partial charge in [-0.15, -0.1) is 0 Å². The van der Waals surface area contributed by atoms with Crippen LogP contribution in [0.3, 0.4) is 0 Å². The van der Waals surface area contributed by atoms with Gasteiger partial charge in [-0.2, -0.15) is 4.91 Å². The van der Waals surface area contributed by atoms with Gasteiger partial charge in [0.05, 0.1) is 6.04 Å². The number of nitrogens with zero attached hydrogens (tertiary/aromatic N) is 1. The lowest BCUT2D eigenvalue weighted by Gasteiger charge is -2.04. The first kappa shape index (κ1) is 10.5. The molecule has 1 unspecified atom stereocenters. The summed E-state index contributed by atoms with van der Waals surface area (Å²) >= 11 is 0. The highest BCUT2D eigenvalue weighted by Crippen LogP contribution is 2.06. The van der Waals surface area contributed by atoms with Crippen molar-refractivity contribution in [3.63, 3.8) is 0 Å². The SMILES string of the molecule is NC(C=O)Cc1ccc(CN=O)cc1. The largest absolute Gasteiger partial charge is 0.321 e. The van der Waals surface area contributed by atoms with E-state index in [1.807, 2.05) is 24.3 Å². The van der Waals surface area contributed by atoms with E-state index in [2.05, 4.69) is 5.18 Å². The minimum Gasteiger partial charge on any atom is -0.321 e. The van der Waals surface area contributed by atoms with Crippen molar-refractivity contribution in [3.05, 3.63) is 40.3 Å². The Balaban J connectivity index is 2.63. The summed E-state index contributed by atoms with van der Waals surface area (Å²) in [6.07, 6.45) is 1.25. The second-order valence-electron chi connectivity index (χ2n) is 3.11. The Hall–Kier alpha value is -1.55. The van der Waals surface area contributed by atoms with E-state index in [9.17, 15) is 9.70 Å². The molecule has 14 heavy (non-hydrogen) atoms. The van der Waals surface area contributed by atoms with Crippen LogP contribution in [0.25, 0.3) is 0 Å². The zero-order valence-corrected chi connectivity index (χ0v) is 7.72. The van der Waals surface area contributed by atoms with E-state index in [1.54, 1.807) is 0 Å². The van der Waals surface area contributed by atoms with Crippen molar-refractivity contribution in [2.75, 3.05) is 0 Å². The van der Waals surface area contributed by atoms with Crippen molar-refractivity contribution < 1.29 is 4.79 Å². The summed E-state index contributed by atoms with van der Waals surface area (Å²) < 4.78 is 0. The molecule has 0 saturated heterocycles. The second kappa shape index (κ2) is 5.24. The first-order chi connectivity index (χ1) is 6.76. The fourth-order valence-electron chi connectivity index (χ4n) is 1.18. The first-order valence-corrected chi connectivity index (χ1v) is 4.34. The lowest BCUT2D eigenvalue weighted by Crippen LogP contribution is -2.23. The number of hydrogen-bond donors (Lipinski definition) is 1. The first-order valence-electron chi connectivity index (χ1n) is 4.34. The summed E-state index contributed by atoms with van der Waals surface area (Å²) in [6, 6.07) is 6.88. The topological polar surface area (TPSA) is 72.5 Å². The van der Waals surface area contributed by atoms with Gasteiger partial charge < -0.3 is 10.5 Å². The van der Waals surface area contributed by atoms with E-state index in [-0.39, 0.29) is 6.54 Å². The summed E-state index contributed by atoms with van der Waals surface area (Å²) in [5.74, 6) is 0. The van der Waals surface area contributed by atoms with Crippen LogP contribution < -0.4 is 5.73 Å². The predicted octanol–water partition coefficient (Wildman–Crippen LogP) is 1.02. The molecule has 1 aromatic carbocycles. The molecular formula is C10H12N2O2. The highest BCUT2D eigenvalue weighted by Gasteiger charge is 2.01. The minimum absolute atomic E-state index is 0.181. The molecule has 0 aromatic heterocycles. The van der Waals surface area contributed by atoms with Crippen molar-refractivity contribution >= 4 is 6.29 Å². The van der Waals surface area contributed by atoms with Gasteiger partial charge in [0.1, 0.15) is 12.8 Å². The molecule has 0 bridgehead atoms. The van der Waals surface area contributed by atoms with Gasteiger partial charge in [0.15, 0.2) is 0 Å². The summed E-state index contributed by atoms with van der Waals surface area (Å²) in [6.45, 7) is 0.181. The van der Waals surface area contributed by atoms with E-state index in [4.69, 9.17) is 5.73 Å². The van der Waals surface area contributed by atoms with Gasteiger partial charge in [-0.3, -0.25) is 0 Å². The molecule has 0 fully saturated rings. The van der Waals surface area contributed by atoms with E-state index in [0.717, 1.165) is 17.4 Å². The molecule has 0 saturated carbocycles. The number of hydrogen-bond acceptors (Lipinski definition) is 4. The summed E-state index contributed by atoms with van der Waals surface area (Å²) in [5.41, 5.74) is 7.31. The predicted molar refractivity (Wildman–Crippen MR) is 53.7 cm³/mol. The molecular weight excluding hydrogens is 180 g/mol. The lowest BCUT2D eigenvalue weighted by molar-refractivity contribution is -0.108. The van der Waals surface area contributed by atoms with E-state index < -0.39 is 6.04 Å². The van der Waals surface area contributed by atoms with Gasteiger partial charge in [-0.25, -0.2) is 0 Å². The van der Waals surface area contributed by atoms with Crippen LogP contribution >= 0.6 is 0 Å². The quantitative estimate of drug-likeness (QED) is 0.559. The fraction of sp³-hybridized carbons (Fsp3) is 0.300. The van der Waals surface area contributed by atoms with Crippen LogP contribution in [0.5, 0.6) is 0 Å². The molecule has 74 valence electrons. The molecule has 4 heteroatoms. The second-order valence-corrected chi connectivity index (χ2v) is 3.11. The van der Waals surface area contributed by atoms with E-state index >= 15 is 0 Å². The summed E-state index contributed by atoms with van der Waals surface area (Å²) in [4.78, 5) is 20.3. The van der Waals surface area contributed by atoms with Crippen molar-refractivity contribution in [1.29, 1.82) is 0 Å². The van der Waals surface area contributed by atoms with Crippen LogP contribution in [-0.4, -0.2) is 12.3 Å². The lowest BCUT2D eigenvalue weighted by atomic mass is 10.1. The molecule has 2 N–H and O–H groups in total. The maximum atomic E-state index is 10.3. The van der Waals surface area contributed by atoms with E-state index in [0.29, 0.717) is 6.42 Å². The Morgan fingerprint density at radius 1 is 1.29 bits per heavy atom. The number of carbonyl (C=O) groups excluding carboxylic acids is 1. The number of nitroso groups, excluding NO2 is 1. The Kier molecular flexibility index (Phi) is 3.94. The average molecular weight is 192 g/mol. The van der Waals surface area contributed by atoms with Crippen molar-refractivity contribution in [2.45, 2.75) is 19.0 Å². The molecule has 0 aliphatic carbocycles. The van der Waals surface area contributed by atoms with Crippen molar-refractivity contribution in [3.8, 4) is 0 Å². The third-order valence-corrected chi connectivity index (χ3v) is 1.92. The van der Waals surface area contributed by atoms with Crippen LogP contribution in [0.1, 0.15) is 11.1 Å². The van der Waals surface area contributed by atoms with Crippen molar-refractivity contribution in [2.24, 2.45) is 10.9 Å². The van der Waals surface area contributed by atoms with Crippen LogP contribution in [0, 0.1) is 4.91 Å². The molecule has 1 atom stereocenters. The molecule has 0 aliphatic rings. The Bertz CT molecular complexity index is 308. The average Bonchev–Trinajstić information content (AvgIpc) is 2.21. The molecule has 0 radical (unpaired) electrons. The molecule has 1 rings (SSSR count). The Labute approximate surface area is 82.1 Å². The Morgan fingerprint density at radius 2 is 1.86 bits per heavy atom. The van der Waals surface area contributed by atoms with Crippen molar-refractivity contribution in [1.82, 2.24) is 0 Å². The number of rotatable bonds is 5. The molecule has 0 amide bonds. The standard InChI is InChI=1S/C10H12N2O2/c11-10(7-13)5-8-1-3-9(4-2-8)6-12-14/h1-4,7,10H,5-6,11H2. The van der Waals surface area contributed by atoms with Gasteiger partial charge in [-0.05, 0) is 17.5 Å². The van der Waals surface area contributed by atoms with Gasteiger partial charge >= 0.3 is 0 Å². The third kappa shape index (κ3) is 3.06. The summed E-state index contributed by atoms with van der Waals surface area (Å²) in [7, 11) is 0. The van der Waals surface area contributed by atoms with Gasteiger partial charge in [0.2, 0.25) is 0 Å². The number of benzene rings is 1. The molecule has 0 spiro atoms. The van der Waals surface area contributed by atoms with Gasteiger partial charge in [-0.1, -0.05) is 29.4 Å². The zero-order chi connectivity index (χ0) is 10.4. The number of nitrogens with two attached hydrogens (primary N) is 1. The molecule has 0 heterocycles. The number of carbonyl (C=O) groups is 1. The molecule has 1 aromatic rings. The highest BCUT2D eigenvalue weighted by molar-refractivity contribution is 5.57. The highest BCUT2D eigenvalue weighted by atomic mass is 16.3. The zero-order valence-electron chi connectivity index (χ0n) is 7.72.